The predicted molar refractivity (Wildman–Crippen MR) is 104 cm³/mol. The van der Waals surface area contributed by atoms with Gasteiger partial charge in [0.25, 0.3) is 0 Å². The van der Waals surface area contributed by atoms with E-state index in [4.69, 9.17) is 9.47 Å². The summed E-state index contributed by atoms with van der Waals surface area (Å²) in [6.07, 6.45) is 0. The Morgan fingerprint density at radius 2 is 1.00 bits per heavy atom. The molecule has 0 bridgehead atoms. The summed E-state index contributed by atoms with van der Waals surface area (Å²) in [5.41, 5.74) is -0.439. The molecule has 0 aromatic heterocycles. The minimum Gasteiger partial charge on any atom is -0.459 e. The van der Waals surface area contributed by atoms with Crippen molar-refractivity contribution in [2.45, 2.75) is 5.60 Å². The first-order valence-corrected chi connectivity index (χ1v) is 8.81. The first-order chi connectivity index (χ1) is 13.6. The lowest BCUT2D eigenvalue weighted by atomic mass is 9.95. The number of rotatable bonds is 7. The molecule has 5 heteroatoms. The van der Waals surface area contributed by atoms with Crippen LogP contribution in [0.15, 0.2) is 91.0 Å². The van der Waals surface area contributed by atoms with Crippen LogP contribution in [0.4, 0.5) is 0 Å². The second-order valence-electron chi connectivity index (χ2n) is 6.28. The average molecular weight is 376 g/mol. The summed E-state index contributed by atoms with van der Waals surface area (Å²) in [6.45, 7) is -0.709. The van der Waals surface area contributed by atoms with Crippen LogP contribution in [0.5, 0.6) is 0 Å². The lowest BCUT2D eigenvalue weighted by Crippen LogP contribution is -2.38. The third-order valence-electron chi connectivity index (χ3n) is 4.21. The van der Waals surface area contributed by atoms with Crippen molar-refractivity contribution < 1.29 is 24.2 Å². The zero-order chi connectivity index (χ0) is 19.8. The van der Waals surface area contributed by atoms with E-state index >= 15 is 0 Å². The molecule has 0 fully saturated rings. The number of esters is 2. The molecule has 0 radical (unpaired) electrons. The van der Waals surface area contributed by atoms with Gasteiger partial charge in [-0.15, -0.1) is 0 Å². The molecule has 0 spiro atoms. The number of hydrogen-bond donors (Lipinski definition) is 1. The van der Waals surface area contributed by atoms with Crippen molar-refractivity contribution in [3.05, 3.63) is 108 Å². The molecule has 0 amide bonds. The van der Waals surface area contributed by atoms with E-state index in [1.54, 1.807) is 91.0 Å². The molecule has 0 unspecified atom stereocenters. The number of carbonyl (C=O) groups excluding carboxylic acids is 2. The normalized spacial score (nSPS) is 10.9. The standard InChI is InChI=1S/C23H20O5/c24-21(18-10-4-1-5-11-18)27-16-23(26,20-14-8-3-9-15-20)17-28-22(25)19-12-6-2-7-13-19/h1-15,26H,16-17H2. The Kier molecular flexibility index (Phi) is 6.19. The number of hydrogen-bond acceptors (Lipinski definition) is 5. The monoisotopic (exact) mass is 376 g/mol. The van der Waals surface area contributed by atoms with E-state index in [0.717, 1.165) is 0 Å². The fourth-order valence-electron chi connectivity index (χ4n) is 2.64. The molecule has 3 aromatic rings. The highest BCUT2D eigenvalue weighted by Crippen LogP contribution is 2.23. The van der Waals surface area contributed by atoms with Gasteiger partial charge in [-0.2, -0.15) is 0 Å². The first kappa shape index (κ1) is 19.3. The van der Waals surface area contributed by atoms with Gasteiger partial charge in [-0.1, -0.05) is 66.7 Å². The topological polar surface area (TPSA) is 72.8 Å². The third kappa shape index (κ3) is 4.84. The van der Waals surface area contributed by atoms with E-state index in [1.807, 2.05) is 0 Å². The van der Waals surface area contributed by atoms with E-state index < -0.39 is 17.5 Å². The molecule has 0 aliphatic rings. The van der Waals surface area contributed by atoms with E-state index in [9.17, 15) is 14.7 Å². The molecule has 0 aliphatic carbocycles. The van der Waals surface area contributed by atoms with Crippen LogP contribution in [0.1, 0.15) is 26.3 Å². The second kappa shape index (κ2) is 8.97. The maximum atomic E-state index is 12.2. The minimum absolute atomic E-state index is 0.354. The Balaban J connectivity index is 1.72. The van der Waals surface area contributed by atoms with Gasteiger partial charge in [0.05, 0.1) is 11.1 Å². The third-order valence-corrected chi connectivity index (χ3v) is 4.21. The molecule has 0 saturated carbocycles. The molecule has 3 rings (SSSR count). The highest BCUT2D eigenvalue weighted by molar-refractivity contribution is 5.89. The van der Waals surface area contributed by atoms with Gasteiger partial charge in [-0.05, 0) is 29.8 Å². The Morgan fingerprint density at radius 3 is 1.39 bits per heavy atom. The first-order valence-electron chi connectivity index (χ1n) is 8.81. The fourth-order valence-corrected chi connectivity index (χ4v) is 2.64. The highest BCUT2D eigenvalue weighted by atomic mass is 16.6. The van der Waals surface area contributed by atoms with Crippen LogP contribution in [0.2, 0.25) is 0 Å². The van der Waals surface area contributed by atoms with Crippen LogP contribution < -0.4 is 0 Å². The summed E-state index contributed by atoms with van der Waals surface area (Å²) in [5.74, 6) is -1.13. The summed E-state index contributed by atoms with van der Waals surface area (Å²) >= 11 is 0. The lowest BCUT2D eigenvalue weighted by molar-refractivity contribution is -0.0749. The molecular weight excluding hydrogens is 356 g/mol. The van der Waals surface area contributed by atoms with Crippen molar-refractivity contribution >= 4 is 11.9 Å². The summed E-state index contributed by atoms with van der Waals surface area (Å²) in [6, 6.07) is 25.6. The largest absolute Gasteiger partial charge is 0.459 e. The van der Waals surface area contributed by atoms with Gasteiger partial charge in [0.2, 0.25) is 0 Å². The van der Waals surface area contributed by atoms with Crippen LogP contribution in [0.3, 0.4) is 0 Å². The Bertz CT molecular complexity index is 852. The predicted octanol–water partition coefficient (Wildman–Crippen LogP) is 3.59. The van der Waals surface area contributed by atoms with E-state index in [-0.39, 0.29) is 13.2 Å². The molecule has 0 heterocycles. The minimum atomic E-state index is -1.67. The van der Waals surface area contributed by atoms with Crippen LogP contribution >= 0.6 is 0 Å². The molecule has 0 aliphatic heterocycles. The number of carbonyl (C=O) groups is 2. The van der Waals surface area contributed by atoms with Crippen LogP contribution in [0.25, 0.3) is 0 Å². The molecule has 3 aromatic carbocycles. The Hall–Kier alpha value is -3.44. The average Bonchev–Trinajstić information content (AvgIpc) is 2.77. The molecule has 142 valence electrons. The van der Waals surface area contributed by atoms with E-state index in [0.29, 0.717) is 16.7 Å². The molecule has 28 heavy (non-hydrogen) atoms. The zero-order valence-electron chi connectivity index (χ0n) is 15.2. The SMILES string of the molecule is O=C(OCC(O)(COC(=O)c1ccccc1)c1ccccc1)c1ccccc1. The van der Waals surface area contributed by atoms with Crippen LogP contribution in [-0.4, -0.2) is 30.3 Å². The van der Waals surface area contributed by atoms with E-state index in [2.05, 4.69) is 0 Å². The molecular formula is C23H20O5. The van der Waals surface area contributed by atoms with Gasteiger partial charge in [0.15, 0.2) is 5.60 Å². The Labute approximate surface area is 163 Å². The molecule has 0 saturated heterocycles. The van der Waals surface area contributed by atoms with Gasteiger partial charge in [-0.25, -0.2) is 9.59 Å². The number of benzene rings is 3. The quantitative estimate of drug-likeness (QED) is 0.638. The van der Waals surface area contributed by atoms with Crippen molar-refractivity contribution in [3.8, 4) is 0 Å². The van der Waals surface area contributed by atoms with Gasteiger partial charge in [0.1, 0.15) is 13.2 Å². The van der Waals surface area contributed by atoms with Gasteiger partial charge in [-0.3, -0.25) is 0 Å². The van der Waals surface area contributed by atoms with Gasteiger partial charge >= 0.3 is 11.9 Å². The van der Waals surface area contributed by atoms with E-state index in [1.165, 1.54) is 0 Å². The van der Waals surface area contributed by atoms with Crippen molar-refractivity contribution in [1.29, 1.82) is 0 Å². The van der Waals surface area contributed by atoms with Crippen LogP contribution in [0, 0.1) is 0 Å². The number of aliphatic hydroxyl groups is 1. The molecule has 0 atom stereocenters. The van der Waals surface area contributed by atoms with Crippen molar-refractivity contribution in [1.82, 2.24) is 0 Å². The summed E-state index contributed by atoms with van der Waals surface area (Å²) < 4.78 is 10.6. The van der Waals surface area contributed by atoms with Gasteiger partial charge < -0.3 is 14.6 Å². The smallest absolute Gasteiger partial charge is 0.338 e. The summed E-state index contributed by atoms with van der Waals surface area (Å²) in [7, 11) is 0. The highest BCUT2D eigenvalue weighted by Gasteiger charge is 2.33. The van der Waals surface area contributed by atoms with Crippen molar-refractivity contribution in [3.63, 3.8) is 0 Å². The second-order valence-corrected chi connectivity index (χ2v) is 6.28. The van der Waals surface area contributed by atoms with Crippen LogP contribution in [-0.2, 0) is 15.1 Å². The summed E-state index contributed by atoms with van der Waals surface area (Å²) in [4.78, 5) is 24.5. The van der Waals surface area contributed by atoms with Crippen molar-refractivity contribution in [2.75, 3.05) is 13.2 Å². The number of ether oxygens (including phenoxy) is 2. The molecule has 5 nitrogen and oxygen atoms in total. The maximum Gasteiger partial charge on any atom is 0.338 e. The lowest BCUT2D eigenvalue weighted by Gasteiger charge is -2.27. The molecule has 1 N–H and O–H groups in total. The zero-order valence-corrected chi connectivity index (χ0v) is 15.2. The maximum absolute atomic E-state index is 12.2. The van der Waals surface area contributed by atoms with Crippen molar-refractivity contribution in [2.24, 2.45) is 0 Å². The van der Waals surface area contributed by atoms with Gasteiger partial charge in [0, 0.05) is 0 Å². The summed E-state index contributed by atoms with van der Waals surface area (Å²) in [5, 5.41) is 11.1. The fraction of sp³-hybridized carbons (Fsp3) is 0.130. The Morgan fingerprint density at radius 1 is 0.643 bits per heavy atom.